The van der Waals surface area contributed by atoms with E-state index in [0.29, 0.717) is 19.4 Å². The fraction of sp³-hybridized carbons (Fsp3) is 0.915. The normalized spacial score (nSPS) is 18.3. The Balaban J connectivity index is 1.90. The molecule has 1 heterocycles. The minimum Gasteiger partial charge on any atom is -0.466 e. The fourth-order valence-electron chi connectivity index (χ4n) is 11.4. The van der Waals surface area contributed by atoms with Crippen molar-refractivity contribution in [2.24, 2.45) is 0 Å². The Morgan fingerprint density at radius 2 is 0.780 bits per heavy atom. The van der Waals surface area contributed by atoms with Gasteiger partial charge >= 0.3 is 5.97 Å². The number of nitrogens with one attached hydrogen (secondary N) is 1. The zero-order valence-electron chi connectivity index (χ0n) is 53.7. The van der Waals surface area contributed by atoms with E-state index < -0.39 is 49.5 Å². The first-order valence-corrected chi connectivity index (χ1v) is 35.6. The minimum atomic E-state index is -1.57. The summed E-state index contributed by atoms with van der Waals surface area (Å²) < 4.78 is 16.7. The van der Waals surface area contributed by atoms with Gasteiger partial charge < -0.3 is 45.1 Å². The van der Waals surface area contributed by atoms with Gasteiger partial charge in [-0.15, -0.1) is 0 Å². The van der Waals surface area contributed by atoms with Crippen molar-refractivity contribution < 1.29 is 49.3 Å². The molecule has 0 radical (unpaired) electrons. The van der Waals surface area contributed by atoms with Crippen LogP contribution in [0.25, 0.3) is 0 Å². The molecule has 6 N–H and O–H groups in total. The van der Waals surface area contributed by atoms with Gasteiger partial charge in [0, 0.05) is 12.8 Å². The molecule has 1 aliphatic heterocycles. The first-order chi connectivity index (χ1) is 40.2. The third kappa shape index (κ3) is 49.3. The molecular formula is C71H135NO10. The second-order valence-corrected chi connectivity index (χ2v) is 24.9. The third-order valence-corrected chi connectivity index (χ3v) is 17.1. The van der Waals surface area contributed by atoms with Crippen LogP contribution in [0.5, 0.6) is 0 Å². The number of hydrogen-bond donors (Lipinski definition) is 6. The zero-order valence-corrected chi connectivity index (χ0v) is 53.7. The first-order valence-electron chi connectivity index (χ1n) is 35.6. The number of aliphatic hydroxyl groups excluding tert-OH is 5. The number of hydrogen-bond acceptors (Lipinski definition) is 10. The SMILES string of the molecule is CCCCCCCC/C=C\CCCCCCCCCCCC(=O)OCCCCCCCCCCCCCCCCCCCCCCCCCCCCC(=O)NC(COC1OC(CO)C(O)C(O)C1O)C(O)/C=C/CCCCCCCCC. The molecule has 0 bridgehead atoms. The lowest BCUT2D eigenvalue weighted by molar-refractivity contribution is -0.302. The van der Waals surface area contributed by atoms with E-state index in [0.717, 1.165) is 57.8 Å². The van der Waals surface area contributed by atoms with Crippen molar-refractivity contribution in [3.8, 4) is 0 Å². The van der Waals surface area contributed by atoms with Gasteiger partial charge in [-0.1, -0.05) is 308 Å². The molecule has 0 saturated carbocycles. The van der Waals surface area contributed by atoms with E-state index in [2.05, 4.69) is 31.3 Å². The van der Waals surface area contributed by atoms with E-state index in [1.165, 1.54) is 270 Å². The molecule has 11 nitrogen and oxygen atoms in total. The standard InChI is InChI=1S/C71H135NO10/c1-3-5-7-9-11-13-14-15-16-17-26-30-33-36-39-43-47-51-55-59-67(76)80-60-56-52-48-44-40-37-34-31-28-25-23-21-19-18-20-22-24-27-29-32-35-38-42-46-50-54-58-66(75)72-63(64(74)57-53-49-45-41-12-10-8-6-4-2)62-81-71-70(79)69(78)68(77)65(61-73)82-71/h15-16,53,57,63-65,68-71,73-74,77-79H,3-14,17-52,54-56,58-62H2,1-2H3,(H,72,75)/b16-15-,57-53+. The summed E-state index contributed by atoms with van der Waals surface area (Å²) in [6.45, 7) is 4.35. The number of rotatable bonds is 63. The predicted molar refractivity (Wildman–Crippen MR) is 343 cm³/mol. The molecule has 0 spiro atoms. The van der Waals surface area contributed by atoms with Crippen molar-refractivity contribution in [2.45, 2.75) is 397 Å². The number of esters is 1. The Labute approximate surface area is 505 Å². The molecule has 1 saturated heterocycles. The van der Waals surface area contributed by atoms with Crippen molar-refractivity contribution in [1.29, 1.82) is 0 Å². The van der Waals surface area contributed by atoms with Gasteiger partial charge in [0.15, 0.2) is 6.29 Å². The smallest absolute Gasteiger partial charge is 0.305 e. The average molecular weight is 1160 g/mol. The van der Waals surface area contributed by atoms with Gasteiger partial charge in [-0.25, -0.2) is 0 Å². The highest BCUT2D eigenvalue weighted by Crippen LogP contribution is 2.23. The van der Waals surface area contributed by atoms with E-state index in [9.17, 15) is 35.1 Å². The molecule has 0 aromatic heterocycles. The van der Waals surface area contributed by atoms with E-state index in [1.54, 1.807) is 6.08 Å². The summed E-state index contributed by atoms with van der Waals surface area (Å²) in [5, 5.41) is 54.3. The van der Waals surface area contributed by atoms with Gasteiger partial charge in [0.2, 0.25) is 5.91 Å². The van der Waals surface area contributed by atoms with E-state index >= 15 is 0 Å². The molecular weight excluding hydrogens is 1030 g/mol. The van der Waals surface area contributed by atoms with Gasteiger partial charge in [-0.3, -0.25) is 9.59 Å². The van der Waals surface area contributed by atoms with Gasteiger partial charge in [0.05, 0.1) is 32.0 Å². The monoisotopic (exact) mass is 1160 g/mol. The second kappa shape index (κ2) is 60.8. The number of allylic oxidation sites excluding steroid dienone is 3. The lowest BCUT2D eigenvalue weighted by Gasteiger charge is -2.40. The molecule has 0 aromatic carbocycles. The predicted octanol–water partition coefficient (Wildman–Crippen LogP) is 18.0. The molecule has 1 amide bonds. The van der Waals surface area contributed by atoms with Crippen LogP contribution in [0.1, 0.15) is 354 Å². The minimum absolute atomic E-state index is 0.00739. The summed E-state index contributed by atoms with van der Waals surface area (Å²) in [5.41, 5.74) is 0. The van der Waals surface area contributed by atoms with Crippen LogP contribution in [0, 0.1) is 0 Å². The number of amides is 1. The van der Waals surface area contributed by atoms with Gasteiger partial charge in [0.1, 0.15) is 24.4 Å². The molecule has 11 heteroatoms. The summed E-state index contributed by atoms with van der Waals surface area (Å²) in [5.74, 6) is -0.173. The van der Waals surface area contributed by atoms with Crippen LogP contribution in [0.2, 0.25) is 0 Å². The highest BCUT2D eigenvalue weighted by Gasteiger charge is 2.44. The van der Waals surface area contributed by atoms with Gasteiger partial charge in [-0.05, 0) is 57.8 Å². The summed E-state index contributed by atoms with van der Waals surface area (Å²) >= 11 is 0. The van der Waals surface area contributed by atoms with Crippen LogP contribution in [0.4, 0.5) is 0 Å². The second-order valence-electron chi connectivity index (χ2n) is 24.9. The van der Waals surface area contributed by atoms with Crippen LogP contribution in [-0.4, -0.2) is 100 Å². The van der Waals surface area contributed by atoms with Gasteiger partial charge in [-0.2, -0.15) is 0 Å². The highest BCUT2D eigenvalue weighted by molar-refractivity contribution is 5.76. The average Bonchev–Trinajstić information content (AvgIpc) is 3.63. The maximum Gasteiger partial charge on any atom is 0.305 e. The maximum atomic E-state index is 13.0. The van der Waals surface area contributed by atoms with Crippen molar-refractivity contribution >= 4 is 11.9 Å². The first kappa shape index (κ1) is 78.2. The number of ether oxygens (including phenoxy) is 3. The van der Waals surface area contributed by atoms with Crippen molar-refractivity contribution in [3.05, 3.63) is 24.3 Å². The summed E-state index contributed by atoms with van der Waals surface area (Å²) in [6, 6.07) is -0.806. The lowest BCUT2D eigenvalue weighted by atomic mass is 9.99. The Morgan fingerprint density at radius 1 is 0.439 bits per heavy atom. The van der Waals surface area contributed by atoms with Crippen molar-refractivity contribution in [2.75, 3.05) is 19.8 Å². The van der Waals surface area contributed by atoms with Crippen LogP contribution < -0.4 is 5.32 Å². The summed E-state index contributed by atoms with van der Waals surface area (Å²) in [6.07, 6.45) is 66.1. The van der Waals surface area contributed by atoms with E-state index in [1.807, 2.05) is 6.08 Å². The molecule has 7 atom stereocenters. The van der Waals surface area contributed by atoms with Crippen molar-refractivity contribution in [3.63, 3.8) is 0 Å². The molecule has 82 heavy (non-hydrogen) atoms. The molecule has 0 aromatic rings. The zero-order chi connectivity index (χ0) is 59.5. The number of aliphatic hydroxyl groups is 5. The Morgan fingerprint density at radius 3 is 1.17 bits per heavy atom. The van der Waals surface area contributed by atoms with Gasteiger partial charge in [0.25, 0.3) is 0 Å². The Bertz CT molecular complexity index is 1410. The van der Waals surface area contributed by atoms with E-state index in [-0.39, 0.29) is 18.5 Å². The quantitative estimate of drug-likeness (QED) is 0.0195. The third-order valence-electron chi connectivity index (χ3n) is 17.1. The summed E-state index contributed by atoms with van der Waals surface area (Å²) in [4.78, 5) is 25.1. The summed E-state index contributed by atoms with van der Waals surface area (Å²) in [7, 11) is 0. The van der Waals surface area contributed by atoms with Crippen LogP contribution in [-0.2, 0) is 23.8 Å². The van der Waals surface area contributed by atoms with E-state index in [4.69, 9.17) is 14.2 Å². The molecule has 0 aliphatic carbocycles. The molecule has 1 rings (SSSR count). The molecule has 1 aliphatic rings. The highest BCUT2D eigenvalue weighted by atomic mass is 16.7. The topological polar surface area (TPSA) is 175 Å². The largest absolute Gasteiger partial charge is 0.466 e. The van der Waals surface area contributed by atoms with Crippen LogP contribution in [0.3, 0.4) is 0 Å². The number of unbranched alkanes of at least 4 members (excludes halogenated alkanes) is 47. The van der Waals surface area contributed by atoms with Crippen LogP contribution in [0.15, 0.2) is 24.3 Å². The Hall–Kier alpha value is -1.86. The molecule has 484 valence electrons. The fourth-order valence-corrected chi connectivity index (χ4v) is 11.4. The molecule has 1 fully saturated rings. The number of carbonyl (C=O) groups excluding carboxylic acids is 2. The molecule has 7 unspecified atom stereocenters. The van der Waals surface area contributed by atoms with Crippen LogP contribution >= 0.6 is 0 Å². The Kier molecular flexibility index (Phi) is 58.0. The maximum absolute atomic E-state index is 13.0. The number of carbonyl (C=O) groups is 2. The van der Waals surface area contributed by atoms with Crippen molar-refractivity contribution in [1.82, 2.24) is 5.32 Å². The lowest BCUT2D eigenvalue weighted by Crippen LogP contribution is -2.60.